The monoisotopic (exact) mass is 581 g/mol. The van der Waals surface area contributed by atoms with Crippen molar-refractivity contribution in [3.63, 3.8) is 0 Å². The third-order valence-corrected chi connectivity index (χ3v) is 8.19. The maximum absolute atomic E-state index is 13.9. The fraction of sp³-hybridized carbons (Fsp3) is 0.484. The number of pyridine rings is 1. The Hall–Kier alpha value is -3.96. The van der Waals surface area contributed by atoms with E-state index in [4.69, 9.17) is 9.47 Å². The highest BCUT2D eigenvalue weighted by molar-refractivity contribution is 6.07. The van der Waals surface area contributed by atoms with Crippen LogP contribution in [-0.4, -0.2) is 77.4 Å². The number of ether oxygens (including phenoxy) is 2. The highest BCUT2D eigenvalue weighted by atomic mass is 16.5. The number of aliphatic hydroxyl groups is 2. The molecule has 1 saturated heterocycles. The lowest BCUT2D eigenvalue weighted by molar-refractivity contribution is -0.140. The Morgan fingerprint density at radius 2 is 1.98 bits per heavy atom. The summed E-state index contributed by atoms with van der Waals surface area (Å²) in [6, 6.07) is 8.09. The second kappa shape index (κ2) is 13.3. The SMILES string of the molecule is COC(=O)CCCCN1C(=O)[C@@](O)([C@@H](C)/C=C/CC(=O)N2CCC[C@H]2CO)c2cc(-n3cccc(OC)c3=O)ccc21. The first-order valence-electron chi connectivity index (χ1n) is 14.3. The van der Waals surface area contributed by atoms with Crippen molar-refractivity contribution in [2.45, 2.75) is 57.1 Å². The molecule has 226 valence electrons. The number of esters is 1. The molecule has 42 heavy (non-hydrogen) atoms. The molecule has 2 aliphatic heterocycles. The van der Waals surface area contributed by atoms with Gasteiger partial charge in [-0.1, -0.05) is 19.1 Å². The molecule has 0 aliphatic carbocycles. The van der Waals surface area contributed by atoms with Crippen LogP contribution in [0.15, 0.2) is 53.5 Å². The van der Waals surface area contributed by atoms with Crippen molar-refractivity contribution in [1.29, 1.82) is 0 Å². The summed E-state index contributed by atoms with van der Waals surface area (Å²) < 4.78 is 11.3. The molecule has 0 saturated carbocycles. The molecule has 0 spiro atoms. The molecule has 4 rings (SSSR count). The molecule has 2 aliphatic rings. The molecule has 2 aromatic rings. The van der Waals surface area contributed by atoms with E-state index >= 15 is 0 Å². The molecule has 1 aromatic carbocycles. The Balaban J connectivity index is 1.64. The zero-order valence-corrected chi connectivity index (χ0v) is 24.3. The van der Waals surface area contributed by atoms with Crippen LogP contribution in [0.5, 0.6) is 5.75 Å². The minimum atomic E-state index is -1.96. The number of methoxy groups -OCH3 is 2. The number of unbranched alkanes of at least 4 members (excludes halogenated alkanes) is 1. The van der Waals surface area contributed by atoms with Crippen LogP contribution < -0.4 is 15.2 Å². The second-order valence-electron chi connectivity index (χ2n) is 10.7. The van der Waals surface area contributed by atoms with Gasteiger partial charge in [-0.3, -0.25) is 23.7 Å². The maximum Gasteiger partial charge on any atom is 0.305 e. The largest absolute Gasteiger partial charge is 0.491 e. The average molecular weight is 582 g/mol. The number of nitrogens with zero attached hydrogens (tertiary/aromatic N) is 3. The summed E-state index contributed by atoms with van der Waals surface area (Å²) in [6.07, 6.45) is 7.81. The number of benzene rings is 1. The number of carbonyl (C=O) groups is 3. The average Bonchev–Trinajstić information content (AvgIpc) is 3.56. The van der Waals surface area contributed by atoms with E-state index in [0.717, 1.165) is 12.8 Å². The van der Waals surface area contributed by atoms with E-state index in [1.807, 2.05) is 0 Å². The van der Waals surface area contributed by atoms with Crippen LogP contribution in [0.2, 0.25) is 0 Å². The van der Waals surface area contributed by atoms with Crippen LogP contribution in [0.25, 0.3) is 5.69 Å². The quantitative estimate of drug-likeness (QED) is 0.221. The number of rotatable bonds is 12. The van der Waals surface area contributed by atoms with Crippen LogP contribution in [0.4, 0.5) is 5.69 Å². The van der Waals surface area contributed by atoms with E-state index in [1.54, 1.807) is 60.5 Å². The number of hydrogen-bond acceptors (Lipinski definition) is 8. The van der Waals surface area contributed by atoms with E-state index in [1.165, 1.54) is 23.7 Å². The minimum Gasteiger partial charge on any atom is -0.491 e. The smallest absolute Gasteiger partial charge is 0.305 e. The number of likely N-dealkylation sites (tertiary alicyclic amines) is 1. The fourth-order valence-electron chi connectivity index (χ4n) is 5.76. The molecule has 0 bridgehead atoms. The van der Waals surface area contributed by atoms with Gasteiger partial charge in [0, 0.05) is 49.3 Å². The highest BCUT2D eigenvalue weighted by Gasteiger charge is 2.52. The lowest BCUT2D eigenvalue weighted by Gasteiger charge is -2.28. The topological polar surface area (TPSA) is 139 Å². The van der Waals surface area contributed by atoms with Crippen LogP contribution in [-0.2, 0) is 24.7 Å². The van der Waals surface area contributed by atoms with Crippen molar-refractivity contribution < 1.29 is 34.1 Å². The van der Waals surface area contributed by atoms with Gasteiger partial charge in [0.1, 0.15) is 0 Å². The second-order valence-corrected chi connectivity index (χ2v) is 10.7. The van der Waals surface area contributed by atoms with Crippen LogP contribution in [0.1, 0.15) is 51.0 Å². The van der Waals surface area contributed by atoms with Gasteiger partial charge in [-0.05, 0) is 56.0 Å². The Bertz CT molecular complexity index is 1400. The van der Waals surface area contributed by atoms with Gasteiger partial charge in [0.05, 0.1) is 32.6 Å². The maximum atomic E-state index is 13.9. The van der Waals surface area contributed by atoms with E-state index in [9.17, 15) is 29.4 Å². The van der Waals surface area contributed by atoms with Crippen molar-refractivity contribution in [2.24, 2.45) is 5.92 Å². The first-order valence-corrected chi connectivity index (χ1v) is 14.3. The summed E-state index contributed by atoms with van der Waals surface area (Å²) in [5.41, 5.74) is -1.04. The van der Waals surface area contributed by atoms with E-state index < -0.39 is 17.4 Å². The van der Waals surface area contributed by atoms with Gasteiger partial charge < -0.3 is 29.5 Å². The molecule has 1 aromatic heterocycles. The minimum absolute atomic E-state index is 0.0778. The van der Waals surface area contributed by atoms with E-state index in [2.05, 4.69) is 0 Å². The normalized spacial score (nSPS) is 20.7. The Morgan fingerprint density at radius 1 is 1.19 bits per heavy atom. The van der Waals surface area contributed by atoms with Crippen molar-refractivity contribution in [2.75, 3.05) is 38.8 Å². The standard InChI is InChI=1S/C31H39N3O8/c1-21(9-6-12-27(36)32-17-7-10-23(32)20-35)31(40)24-19-22(33-18-8-11-26(41-2)29(33)38)14-15-25(24)34(30(31)39)16-5-4-13-28(37)42-3/h6,8-9,11,14-15,18-19,21,23,35,40H,4-5,7,10,12-13,16-17,20H2,1-3H3/b9-6+/t21-,23-,31+/m0/s1. The summed E-state index contributed by atoms with van der Waals surface area (Å²) in [5.74, 6) is -1.54. The van der Waals surface area contributed by atoms with Gasteiger partial charge in [-0.2, -0.15) is 0 Å². The van der Waals surface area contributed by atoms with Crippen LogP contribution in [0, 0.1) is 5.92 Å². The van der Waals surface area contributed by atoms with Crippen LogP contribution in [0.3, 0.4) is 0 Å². The molecule has 2 N–H and O–H groups in total. The molecule has 0 radical (unpaired) electrons. The van der Waals surface area contributed by atoms with Crippen molar-refractivity contribution in [1.82, 2.24) is 9.47 Å². The lowest BCUT2D eigenvalue weighted by Crippen LogP contribution is -2.44. The van der Waals surface area contributed by atoms with Gasteiger partial charge in [0.2, 0.25) is 5.91 Å². The van der Waals surface area contributed by atoms with Crippen molar-refractivity contribution >= 4 is 23.5 Å². The molecule has 1 fully saturated rings. The summed E-state index contributed by atoms with van der Waals surface area (Å²) in [7, 11) is 2.73. The molecule has 0 unspecified atom stereocenters. The van der Waals surface area contributed by atoms with Gasteiger partial charge in [0.25, 0.3) is 11.5 Å². The van der Waals surface area contributed by atoms with Gasteiger partial charge in [-0.25, -0.2) is 0 Å². The molecule has 11 heteroatoms. The number of aliphatic hydroxyl groups excluding tert-OH is 1. The first-order chi connectivity index (χ1) is 20.2. The predicted octanol–water partition coefficient (Wildman–Crippen LogP) is 2.29. The number of carbonyl (C=O) groups excluding carboxylic acids is 3. The number of fused-ring (bicyclic) bond motifs is 1. The molecule has 2 amide bonds. The number of amides is 2. The molecule has 3 heterocycles. The van der Waals surface area contributed by atoms with E-state index in [0.29, 0.717) is 36.3 Å². The Morgan fingerprint density at radius 3 is 2.69 bits per heavy atom. The molecular formula is C31H39N3O8. The fourth-order valence-corrected chi connectivity index (χ4v) is 5.76. The summed E-state index contributed by atoms with van der Waals surface area (Å²) in [4.78, 5) is 54.3. The summed E-state index contributed by atoms with van der Waals surface area (Å²) >= 11 is 0. The lowest BCUT2D eigenvalue weighted by atomic mass is 9.82. The summed E-state index contributed by atoms with van der Waals surface area (Å²) in [6.45, 7) is 2.50. The number of hydrogen-bond donors (Lipinski definition) is 2. The zero-order chi connectivity index (χ0) is 30.4. The third kappa shape index (κ3) is 5.98. The van der Waals surface area contributed by atoms with Crippen molar-refractivity contribution in [3.8, 4) is 11.4 Å². The first kappa shape index (κ1) is 31.0. The number of aromatic nitrogens is 1. The molecule has 11 nitrogen and oxygen atoms in total. The number of anilines is 1. The zero-order valence-electron chi connectivity index (χ0n) is 24.3. The highest BCUT2D eigenvalue weighted by Crippen LogP contribution is 2.46. The van der Waals surface area contributed by atoms with Gasteiger partial charge >= 0.3 is 5.97 Å². The summed E-state index contributed by atoms with van der Waals surface area (Å²) in [5, 5.41) is 21.6. The predicted molar refractivity (Wildman–Crippen MR) is 155 cm³/mol. The van der Waals surface area contributed by atoms with Crippen molar-refractivity contribution in [3.05, 3.63) is 64.6 Å². The van der Waals surface area contributed by atoms with E-state index in [-0.39, 0.29) is 55.2 Å². The molecule has 3 atom stereocenters. The third-order valence-electron chi connectivity index (χ3n) is 8.19. The Kier molecular flexibility index (Phi) is 9.85. The van der Waals surface area contributed by atoms with Gasteiger partial charge in [-0.15, -0.1) is 0 Å². The Labute approximate surface area is 244 Å². The van der Waals surface area contributed by atoms with Crippen LogP contribution >= 0.6 is 0 Å². The van der Waals surface area contributed by atoms with Gasteiger partial charge in [0.15, 0.2) is 11.4 Å². The molecular weight excluding hydrogens is 542 g/mol.